The van der Waals surface area contributed by atoms with E-state index in [0.29, 0.717) is 22.4 Å². The number of aromatic nitrogens is 4. The lowest BCUT2D eigenvalue weighted by Gasteiger charge is -2.11. The molecule has 5 rings (SSSR count). The summed E-state index contributed by atoms with van der Waals surface area (Å²) in [6, 6.07) is 15.6. The summed E-state index contributed by atoms with van der Waals surface area (Å²) in [6.07, 6.45) is 3.03. The average molecular weight is 420 g/mol. The number of benzene rings is 2. The van der Waals surface area contributed by atoms with Crippen LogP contribution in [0.4, 0.5) is 0 Å². The molecule has 1 amide bonds. The second-order valence-corrected chi connectivity index (χ2v) is 8.37. The van der Waals surface area contributed by atoms with Crippen molar-refractivity contribution in [1.29, 1.82) is 0 Å². The number of fused-ring (bicyclic) bond motifs is 3. The van der Waals surface area contributed by atoms with Crippen LogP contribution in [0, 0.1) is 0 Å². The van der Waals surface area contributed by atoms with Crippen LogP contribution in [0.15, 0.2) is 58.5 Å². The number of hydrogen-bond acceptors (Lipinski definition) is 5. The normalized spacial score (nSPS) is 13.8. The molecule has 1 aliphatic carbocycles. The van der Waals surface area contributed by atoms with Gasteiger partial charge in [-0.3, -0.25) is 14.0 Å². The predicted octanol–water partition coefficient (Wildman–Crippen LogP) is 2.97. The maximum atomic E-state index is 13.3. The zero-order valence-corrected chi connectivity index (χ0v) is 17.4. The summed E-state index contributed by atoms with van der Waals surface area (Å²) in [5.41, 5.74) is 2.53. The first-order chi connectivity index (χ1) is 14.7. The van der Waals surface area contributed by atoms with Gasteiger partial charge in [0.2, 0.25) is 11.7 Å². The molecule has 4 aromatic rings. The number of rotatable bonds is 6. The third-order valence-corrected chi connectivity index (χ3v) is 6.20. The fourth-order valence-electron chi connectivity index (χ4n) is 3.51. The van der Waals surface area contributed by atoms with Crippen molar-refractivity contribution in [3.63, 3.8) is 0 Å². The van der Waals surface area contributed by atoms with E-state index in [9.17, 15) is 9.59 Å². The molecule has 30 heavy (non-hydrogen) atoms. The molecule has 7 nitrogen and oxygen atoms in total. The Labute approximate surface area is 177 Å². The number of carbonyl (C=O) groups excluding carboxylic acids is 1. The molecule has 1 saturated carbocycles. The largest absolute Gasteiger partial charge is 0.353 e. The summed E-state index contributed by atoms with van der Waals surface area (Å²) in [5.74, 6) is 0.690. The zero-order valence-electron chi connectivity index (χ0n) is 16.5. The van der Waals surface area contributed by atoms with Gasteiger partial charge in [-0.2, -0.15) is 0 Å². The molecule has 0 aliphatic heterocycles. The zero-order chi connectivity index (χ0) is 20.7. The number of amides is 1. The van der Waals surface area contributed by atoms with Crippen LogP contribution >= 0.6 is 11.8 Å². The Morgan fingerprint density at radius 1 is 1.13 bits per heavy atom. The quantitative estimate of drug-likeness (QED) is 0.486. The second kappa shape index (κ2) is 7.60. The van der Waals surface area contributed by atoms with E-state index in [0.717, 1.165) is 30.5 Å². The van der Waals surface area contributed by atoms with Crippen molar-refractivity contribution in [2.24, 2.45) is 0 Å². The van der Waals surface area contributed by atoms with Crippen molar-refractivity contribution in [2.45, 2.75) is 37.4 Å². The van der Waals surface area contributed by atoms with Crippen molar-refractivity contribution in [1.82, 2.24) is 24.5 Å². The highest BCUT2D eigenvalue weighted by Gasteiger charge is 2.24. The van der Waals surface area contributed by atoms with Crippen LogP contribution in [0.2, 0.25) is 0 Å². The van der Waals surface area contributed by atoms with Crippen LogP contribution in [0.25, 0.3) is 22.4 Å². The third kappa shape index (κ3) is 3.37. The number of aryl methyl sites for hydroxylation is 1. The minimum atomic E-state index is -0.141. The van der Waals surface area contributed by atoms with E-state index < -0.39 is 0 Å². The summed E-state index contributed by atoms with van der Waals surface area (Å²) in [6.45, 7) is 2.09. The summed E-state index contributed by atoms with van der Waals surface area (Å²) in [7, 11) is 0. The standard InChI is InChI=1S/C22H21N5O2S/c1-2-14-7-11-16(12-8-14)26-20(29)17-5-3-4-6-18(17)27-21(26)24-25-22(27)30-13-19(28)23-15-9-10-15/h3-8,11-12,15H,2,9-10,13H2,1H3,(H,23,28). The predicted molar refractivity (Wildman–Crippen MR) is 117 cm³/mol. The molecule has 8 heteroatoms. The number of hydrogen-bond donors (Lipinski definition) is 1. The van der Waals surface area contributed by atoms with Gasteiger partial charge >= 0.3 is 0 Å². The van der Waals surface area contributed by atoms with E-state index in [4.69, 9.17) is 0 Å². The van der Waals surface area contributed by atoms with Gasteiger partial charge in [-0.1, -0.05) is 43.0 Å². The van der Waals surface area contributed by atoms with Crippen molar-refractivity contribution < 1.29 is 4.79 Å². The Kier molecular flexibility index (Phi) is 4.78. The highest BCUT2D eigenvalue weighted by Crippen LogP contribution is 2.24. The Balaban J connectivity index is 1.64. The van der Waals surface area contributed by atoms with Crippen LogP contribution < -0.4 is 10.9 Å². The number of nitrogens with one attached hydrogen (secondary N) is 1. The molecule has 0 unspecified atom stereocenters. The van der Waals surface area contributed by atoms with Crippen molar-refractivity contribution >= 4 is 34.3 Å². The number of nitrogens with zero attached hydrogens (tertiary/aromatic N) is 4. The van der Waals surface area contributed by atoms with E-state index in [1.807, 2.05) is 52.9 Å². The molecular weight excluding hydrogens is 398 g/mol. The van der Waals surface area contributed by atoms with E-state index in [2.05, 4.69) is 22.4 Å². The molecular formula is C22H21N5O2S. The van der Waals surface area contributed by atoms with E-state index in [1.165, 1.54) is 17.3 Å². The Morgan fingerprint density at radius 2 is 1.90 bits per heavy atom. The van der Waals surface area contributed by atoms with Gasteiger partial charge in [0.25, 0.3) is 5.56 Å². The first kappa shape index (κ1) is 18.9. The van der Waals surface area contributed by atoms with E-state index in [1.54, 1.807) is 4.57 Å². The lowest BCUT2D eigenvalue weighted by Crippen LogP contribution is -2.27. The molecule has 0 spiro atoms. The van der Waals surface area contributed by atoms with Gasteiger partial charge in [-0.25, -0.2) is 4.57 Å². The fourth-order valence-corrected chi connectivity index (χ4v) is 4.26. The monoisotopic (exact) mass is 419 g/mol. The molecule has 0 radical (unpaired) electrons. The van der Waals surface area contributed by atoms with Gasteiger partial charge in [0.15, 0.2) is 5.16 Å². The molecule has 1 aliphatic rings. The first-order valence-electron chi connectivity index (χ1n) is 10.1. The van der Waals surface area contributed by atoms with Crippen LogP contribution in [0.5, 0.6) is 0 Å². The number of para-hydroxylation sites is 1. The third-order valence-electron chi connectivity index (χ3n) is 5.27. The van der Waals surface area contributed by atoms with E-state index in [-0.39, 0.29) is 17.2 Å². The van der Waals surface area contributed by atoms with E-state index >= 15 is 0 Å². The average Bonchev–Trinajstić information content (AvgIpc) is 3.49. The molecule has 1 fully saturated rings. The SMILES string of the molecule is CCc1ccc(-n2c(=O)c3ccccc3n3c(SCC(=O)NC4CC4)nnc23)cc1. The Bertz CT molecular complexity index is 1310. The summed E-state index contributed by atoms with van der Waals surface area (Å²) in [5, 5.41) is 12.8. The van der Waals surface area contributed by atoms with Crippen LogP contribution in [-0.2, 0) is 11.2 Å². The van der Waals surface area contributed by atoms with Gasteiger partial charge in [0, 0.05) is 6.04 Å². The van der Waals surface area contributed by atoms with Gasteiger partial charge in [-0.05, 0) is 49.1 Å². The molecule has 0 saturated heterocycles. The van der Waals surface area contributed by atoms with Crippen LogP contribution in [0.1, 0.15) is 25.3 Å². The van der Waals surface area contributed by atoms with Gasteiger partial charge in [0.1, 0.15) is 0 Å². The van der Waals surface area contributed by atoms with Crippen molar-refractivity contribution in [2.75, 3.05) is 5.75 Å². The summed E-state index contributed by atoms with van der Waals surface area (Å²) in [4.78, 5) is 25.5. The number of thioether (sulfide) groups is 1. The Morgan fingerprint density at radius 3 is 2.63 bits per heavy atom. The number of carbonyl (C=O) groups is 1. The minimum absolute atomic E-state index is 0.00738. The molecule has 1 N–H and O–H groups in total. The summed E-state index contributed by atoms with van der Waals surface area (Å²) >= 11 is 1.33. The maximum absolute atomic E-state index is 13.3. The topological polar surface area (TPSA) is 81.3 Å². The lowest BCUT2D eigenvalue weighted by molar-refractivity contribution is -0.118. The molecule has 0 atom stereocenters. The van der Waals surface area contributed by atoms with Crippen molar-refractivity contribution in [3.05, 3.63) is 64.4 Å². The first-order valence-corrected chi connectivity index (χ1v) is 11.0. The maximum Gasteiger partial charge on any atom is 0.267 e. The molecule has 2 heterocycles. The molecule has 0 bridgehead atoms. The van der Waals surface area contributed by atoms with Crippen LogP contribution in [-0.4, -0.2) is 36.9 Å². The smallest absolute Gasteiger partial charge is 0.267 e. The highest BCUT2D eigenvalue weighted by atomic mass is 32.2. The van der Waals surface area contributed by atoms with Crippen LogP contribution in [0.3, 0.4) is 0 Å². The second-order valence-electron chi connectivity index (χ2n) is 7.43. The molecule has 2 aromatic heterocycles. The fraction of sp³-hybridized carbons (Fsp3) is 0.273. The van der Waals surface area contributed by atoms with Gasteiger partial charge in [-0.15, -0.1) is 10.2 Å². The minimum Gasteiger partial charge on any atom is -0.353 e. The molecule has 152 valence electrons. The summed E-state index contributed by atoms with van der Waals surface area (Å²) < 4.78 is 3.45. The molecule has 2 aromatic carbocycles. The highest BCUT2D eigenvalue weighted by molar-refractivity contribution is 7.99. The van der Waals surface area contributed by atoms with Gasteiger partial charge < -0.3 is 5.32 Å². The van der Waals surface area contributed by atoms with Gasteiger partial charge in [0.05, 0.1) is 22.3 Å². The Hall–Kier alpha value is -3.13. The van der Waals surface area contributed by atoms with Crippen molar-refractivity contribution in [3.8, 4) is 5.69 Å². The lowest BCUT2D eigenvalue weighted by atomic mass is 10.1.